The predicted molar refractivity (Wildman–Crippen MR) is 61.9 cm³/mol. The van der Waals surface area contributed by atoms with Gasteiger partial charge in [0.15, 0.2) is 0 Å². The van der Waals surface area contributed by atoms with Gasteiger partial charge in [-0.15, -0.1) is 0 Å². The molecule has 3 N–H and O–H groups in total. The van der Waals surface area contributed by atoms with E-state index in [1.165, 1.54) is 6.42 Å². The summed E-state index contributed by atoms with van der Waals surface area (Å²) < 4.78 is 5.26. The van der Waals surface area contributed by atoms with Gasteiger partial charge in [-0.05, 0) is 37.6 Å². The number of amides is 1. The number of hydrogen-bond donors (Lipinski definition) is 2. The summed E-state index contributed by atoms with van der Waals surface area (Å²) in [6.45, 7) is 2.19. The summed E-state index contributed by atoms with van der Waals surface area (Å²) in [5, 5.41) is 3.10. The summed E-state index contributed by atoms with van der Waals surface area (Å²) in [7, 11) is 0. The van der Waals surface area contributed by atoms with E-state index in [1.54, 1.807) is 0 Å². The van der Waals surface area contributed by atoms with Gasteiger partial charge in [-0.2, -0.15) is 0 Å². The smallest absolute Gasteiger partial charge is 0.220 e. The van der Waals surface area contributed by atoms with Crippen molar-refractivity contribution < 1.29 is 9.53 Å². The molecule has 2 aliphatic rings. The van der Waals surface area contributed by atoms with Crippen LogP contribution in [0.15, 0.2) is 0 Å². The van der Waals surface area contributed by atoms with Crippen molar-refractivity contribution in [2.75, 3.05) is 19.8 Å². The third-order valence-electron chi connectivity index (χ3n) is 3.97. The average Bonchev–Trinajstić information content (AvgIpc) is 2.25. The van der Waals surface area contributed by atoms with E-state index in [1.807, 2.05) is 0 Å². The van der Waals surface area contributed by atoms with Gasteiger partial charge in [0.25, 0.3) is 0 Å². The van der Waals surface area contributed by atoms with Gasteiger partial charge in [0, 0.05) is 25.7 Å². The van der Waals surface area contributed by atoms with Crippen LogP contribution in [0.25, 0.3) is 0 Å². The molecule has 1 aliphatic heterocycles. The van der Waals surface area contributed by atoms with Crippen LogP contribution in [0, 0.1) is 5.41 Å². The van der Waals surface area contributed by atoms with Crippen LogP contribution < -0.4 is 11.1 Å². The maximum Gasteiger partial charge on any atom is 0.220 e. The molecule has 1 saturated heterocycles. The van der Waals surface area contributed by atoms with Crippen molar-refractivity contribution in [1.29, 1.82) is 0 Å². The van der Waals surface area contributed by atoms with Crippen LogP contribution in [-0.2, 0) is 9.53 Å². The first-order valence-electron chi connectivity index (χ1n) is 6.31. The van der Waals surface area contributed by atoms with Gasteiger partial charge >= 0.3 is 0 Å². The molecule has 92 valence electrons. The van der Waals surface area contributed by atoms with E-state index in [4.69, 9.17) is 10.5 Å². The zero-order chi connectivity index (χ0) is 11.4. The van der Waals surface area contributed by atoms with Crippen LogP contribution in [0.1, 0.15) is 38.5 Å². The lowest BCUT2D eigenvalue weighted by atomic mass is 9.66. The molecule has 4 nitrogen and oxygen atoms in total. The van der Waals surface area contributed by atoms with Crippen LogP contribution in [0.4, 0.5) is 0 Å². The van der Waals surface area contributed by atoms with E-state index >= 15 is 0 Å². The number of ether oxygens (including phenoxy) is 1. The van der Waals surface area contributed by atoms with Crippen LogP contribution in [-0.4, -0.2) is 31.7 Å². The number of nitrogens with one attached hydrogen (secondary N) is 1. The Balaban J connectivity index is 1.74. The first kappa shape index (κ1) is 11.9. The SMILES string of the molecule is NCC1(CC(=O)NC2CCOCC2)CCC1. The number of hydrogen-bond acceptors (Lipinski definition) is 3. The maximum absolute atomic E-state index is 11.9. The Morgan fingerprint density at radius 2 is 2.06 bits per heavy atom. The lowest BCUT2D eigenvalue weighted by molar-refractivity contribution is -0.126. The molecule has 0 aromatic heterocycles. The van der Waals surface area contributed by atoms with E-state index in [0.717, 1.165) is 38.9 Å². The minimum atomic E-state index is 0.120. The van der Waals surface area contributed by atoms with Crippen molar-refractivity contribution in [3.05, 3.63) is 0 Å². The number of carbonyl (C=O) groups is 1. The normalized spacial score (nSPS) is 24.8. The van der Waals surface area contributed by atoms with Gasteiger partial charge in [-0.25, -0.2) is 0 Å². The number of carbonyl (C=O) groups excluding carboxylic acids is 1. The lowest BCUT2D eigenvalue weighted by Gasteiger charge is -2.40. The molecular formula is C12H22N2O2. The second kappa shape index (κ2) is 5.15. The largest absolute Gasteiger partial charge is 0.381 e. The standard InChI is InChI=1S/C12H22N2O2/c13-9-12(4-1-5-12)8-11(15)14-10-2-6-16-7-3-10/h10H,1-9,13H2,(H,14,15). The summed E-state index contributed by atoms with van der Waals surface area (Å²) in [6, 6.07) is 0.316. The van der Waals surface area contributed by atoms with Gasteiger partial charge < -0.3 is 15.8 Å². The number of rotatable bonds is 4. The molecule has 0 aromatic carbocycles. The van der Waals surface area contributed by atoms with E-state index in [2.05, 4.69) is 5.32 Å². The molecule has 2 fully saturated rings. The highest BCUT2D eigenvalue weighted by molar-refractivity contribution is 5.77. The van der Waals surface area contributed by atoms with Gasteiger partial charge in [-0.1, -0.05) is 6.42 Å². The highest BCUT2D eigenvalue weighted by atomic mass is 16.5. The maximum atomic E-state index is 11.9. The van der Waals surface area contributed by atoms with Crippen LogP contribution in [0.2, 0.25) is 0 Å². The quantitative estimate of drug-likeness (QED) is 0.745. The van der Waals surface area contributed by atoms with Gasteiger partial charge in [-0.3, -0.25) is 4.79 Å². The minimum Gasteiger partial charge on any atom is -0.381 e. The summed E-state index contributed by atoms with van der Waals surface area (Å²) in [5.41, 5.74) is 5.87. The Labute approximate surface area is 96.9 Å². The Morgan fingerprint density at radius 3 is 2.56 bits per heavy atom. The average molecular weight is 226 g/mol. The van der Waals surface area contributed by atoms with E-state index in [0.29, 0.717) is 19.0 Å². The molecule has 1 amide bonds. The topological polar surface area (TPSA) is 64.4 Å². The van der Waals surface area contributed by atoms with Gasteiger partial charge in [0.05, 0.1) is 0 Å². The first-order valence-corrected chi connectivity index (χ1v) is 6.31. The molecular weight excluding hydrogens is 204 g/mol. The molecule has 1 saturated carbocycles. The fourth-order valence-corrected chi connectivity index (χ4v) is 2.59. The highest BCUT2D eigenvalue weighted by Crippen LogP contribution is 2.42. The fourth-order valence-electron chi connectivity index (χ4n) is 2.59. The summed E-state index contributed by atoms with van der Waals surface area (Å²) in [4.78, 5) is 11.9. The van der Waals surface area contributed by atoms with Crippen molar-refractivity contribution >= 4 is 5.91 Å². The van der Waals surface area contributed by atoms with Gasteiger partial charge in [0.2, 0.25) is 5.91 Å². The van der Waals surface area contributed by atoms with E-state index < -0.39 is 0 Å². The zero-order valence-electron chi connectivity index (χ0n) is 9.84. The second-order valence-electron chi connectivity index (χ2n) is 5.19. The molecule has 16 heavy (non-hydrogen) atoms. The predicted octanol–water partition coefficient (Wildman–Crippen LogP) is 0.801. The Morgan fingerprint density at radius 1 is 1.38 bits per heavy atom. The third-order valence-corrected chi connectivity index (χ3v) is 3.97. The first-order chi connectivity index (χ1) is 7.74. The molecule has 1 heterocycles. The molecule has 0 spiro atoms. The van der Waals surface area contributed by atoms with E-state index in [9.17, 15) is 4.79 Å². The minimum absolute atomic E-state index is 0.120. The Bertz CT molecular complexity index is 240. The van der Waals surface area contributed by atoms with E-state index in [-0.39, 0.29) is 11.3 Å². The molecule has 1 aliphatic carbocycles. The molecule has 2 rings (SSSR count). The summed E-state index contributed by atoms with van der Waals surface area (Å²) in [6.07, 6.45) is 5.96. The molecule has 0 bridgehead atoms. The highest BCUT2D eigenvalue weighted by Gasteiger charge is 2.37. The zero-order valence-corrected chi connectivity index (χ0v) is 9.84. The molecule has 0 aromatic rings. The summed E-state index contributed by atoms with van der Waals surface area (Å²) in [5.74, 6) is 0.178. The Hall–Kier alpha value is -0.610. The lowest BCUT2D eigenvalue weighted by Crippen LogP contribution is -2.45. The van der Waals surface area contributed by atoms with Crippen molar-refractivity contribution in [3.63, 3.8) is 0 Å². The summed E-state index contributed by atoms with van der Waals surface area (Å²) >= 11 is 0. The van der Waals surface area contributed by atoms with Crippen molar-refractivity contribution in [2.45, 2.75) is 44.6 Å². The van der Waals surface area contributed by atoms with Crippen molar-refractivity contribution in [2.24, 2.45) is 11.1 Å². The monoisotopic (exact) mass is 226 g/mol. The molecule has 0 radical (unpaired) electrons. The van der Waals surface area contributed by atoms with Crippen LogP contribution >= 0.6 is 0 Å². The Kier molecular flexibility index (Phi) is 3.82. The second-order valence-corrected chi connectivity index (χ2v) is 5.19. The van der Waals surface area contributed by atoms with Crippen LogP contribution in [0.3, 0.4) is 0 Å². The third kappa shape index (κ3) is 2.74. The molecule has 4 heteroatoms. The van der Waals surface area contributed by atoms with Crippen molar-refractivity contribution in [3.8, 4) is 0 Å². The van der Waals surface area contributed by atoms with Crippen molar-refractivity contribution in [1.82, 2.24) is 5.32 Å². The molecule has 0 unspecified atom stereocenters. The number of nitrogens with two attached hydrogens (primary N) is 1. The van der Waals surface area contributed by atoms with Gasteiger partial charge in [0.1, 0.15) is 0 Å². The fraction of sp³-hybridized carbons (Fsp3) is 0.917. The van der Waals surface area contributed by atoms with Crippen LogP contribution in [0.5, 0.6) is 0 Å². The molecule has 0 atom stereocenters.